The number of nitriles is 1. The maximum atomic E-state index is 12.6. The minimum absolute atomic E-state index is 0.0997. The molecule has 0 saturated heterocycles. The van der Waals surface area contributed by atoms with Crippen molar-refractivity contribution >= 4 is 51.6 Å². The van der Waals surface area contributed by atoms with E-state index in [4.69, 9.17) is 32.7 Å². The predicted octanol–water partition coefficient (Wildman–Crippen LogP) is 7.28. The highest BCUT2D eigenvalue weighted by atomic mass is 35.5. The van der Waals surface area contributed by atoms with Crippen LogP contribution in [0.5, 0.6) is 11.5 Å². The Balaban J connectivity index is 1.51. The molecule has 0 spiro atoms. The summed E-state index contributed by atoms with van der Waals surface area (Å²) in [5.41, 5.74) is 1.93. The number of carbonyl (C=O) groups is 1. The highest BCUT2D eigenvalue weighted by Gasteiger charge is 2.14. The molecule has 4 aromatic rings. The lowest BCUT2D eigenvalue weighted by Crippen LogP contribution is -2.13. The van der Waals surface area contributed by atoms with E-state index >= 15 is 0 Å². The first kappa shape index (κ1) is 24.2. The van der Waals surface area contributed by atoms with Gasteiger partial charge < -0.3 is 14.8 Å². The molecule has 0 bridgehead atoms. The summed E-state index contributed by atoms with van der Waals surface area (Å²) in [4.78, 5) is 12.6. The number of amides is 1. The maximum Gasteiger partial charge on any atom is 0.266 e. The fourth-order valence-corrected chi connectivity index (χ4v) is 4.17. The molecule has 0 unspecified atom stereocenters. The molecule has 7 heteroatoms. The smallest absolute Gasteiger partial charge is 0.266 e. The van der Waals surface area contributed by atoms with E-state index in [9.17, 15) is 10.1 Å². The van der Waals surface area contributed by atoms with E-state index in [1.54, 1.807) is 43.5 Å². The molecule has 1 amide bonds. The van der Waals surface area contributed by atoms with Gasteiger partial charge in [0.2, 0.25) is 0 Å². The molecule has 35 heavy (non-hydrogen) atoms. The molecule has 0 heterocycles. The molecule has 1 N–H and O–H groups in total. The van der Waals surface area contributed by atoms with Gasteiger partial charge in [-0.3, -0.25) is 4.79 Å². The van der Waals surface area contributed by atoms with E-state index in [2.05, 4.69) is 5.32 Å². The molecule has 0 saturated carbocycles. The van der Waals surface area contributed by atoms with E-state index in [0.717, 1.165) is 16.3 Å². The van der Waals surface area contributed by atoms with Gasteiger partial charge in [-0.1, -0.05) is 65.7 Å². The highest BCUT2D eigenvalue weighted by Crippen LogP contribution is 2.36. The third kappa shape index (κ3) is 5.75. The molecule has 4 aromatic carbocycles. The largest absolute Gasteiger partial charge is 0.497 e. The number of hydrogen-bond donors (Lipinski definition) is 1. The third-order valence-corrected chi connectivity index (χ3v) is 5.86. The van der Waals surface area contributed by atoms with Crippen LogP contribution in [0.25, 0.3) is 16.8 Å². The van der Waals surface area contributed by atoms with Crippen LogP contribution in [0.4, 0.5) is 5.69 Å². The zero-order chi connectivity index (χ0) is 24.8. The number of fused-ring (bicyclic) bond motifs is 1. The van der Waals surface area contributed by atoms with Crippen LogP contribution >= 0.6 is 23.2 Å². The summed E-state index contributed by atoms with van der Waals surface area (Å²) in [6.45, 7) is 0.281. The Hall–Kier alpha value is -3.98. The van der Waals surface area contributed by atoms with Gasteiger partial charge >= 0.3 is 0 Å². The molecule has 0 radical (unpaired) electrons. The maximum absolute atomic E-state index is 12.6. The Morgan fingerprint density at radius 1 is 1.00 bits per heavy atom. The topological polar surface area (TPSA) is 71.3 Å². The van der Waals surface area contributed by atoms with Gasteiger partial charge in [0.25, 0.3) is 5.91 Å². The van der Waals surface area contributed by atoms with Crippen molar-refractivity contribution in [2.75, 3.05) is 12.4 Å². The summed E-state index contributed by atoms with van der Waals surface area (Å²) in [5.74, 6) is 0.437. The minimum atomic E-state index is -0.554. The molecule has 0 aliphatic carbocycles. The number of benzene rings is 4. The minimum Gasteiger partial charge on any atom is -0.497 e. The Bertz CT molecular complexity index is 1430. The zero-order valence-electron chi connectivity index (χ0n) is 18.7. The van der Waals surface area contributed by atoms with Gasteiger partial charge in [0.05, 0.1) is 17.2 Å². The summed E-state index contributed by atoms with van der Waals surface area (Å²) < 4.78 is 11.1. The number of halogens is 2. The number of methoxy groups -OCH3 is 1. The molecule has 0 atom stereocenters. The van der Waals surface area contributed by atoms with E-state index in [-0.39, 0.29) is 22.2 Å². The molecular formula is C28H20Cl2N2O3. The van der Waals surface area contributed by atoms with Crippen LogP contribution in [0.1, 0.15) is 11.1 Å². The van der Waals surface area contributed by atoms with Crippen molar-refractivity contribution in [2.24, 2.45) is 0 Å². The number of ether oxygens (including phenoxy) is 2. The summed E-state index contributed by atoms with van der Waals surface area (Å²) in [7, 11) is 1.56. The average molecular weight is 503 g/mol. The van der Waals surface area contributed by atoms with E-state index in [0.29, 0.717) is 22.7 Å². The van der Waals surface area contributed by atoms with Gasteiger partial charge in [0.1, 0.15) is 24.0 Å². The standard InChI is InChI=1S/C28H20Cl2N2O3/c1-34-23-11-9-22(10-12-23)32-28(33)21(16-31)13-18-14-25(29)27(26(30)15-18)35-17-20-7-4-6-19-5-2-3-8-24(19)20/h2-15H,17H2,1H3,(H,32,33)/b21-13-. The predicted molar refractivity (Wildman–Crippen MR) is 140 cm³/mol. The Morgan fingerprint density at radius 2 is 1.69 bits per heavy atom. The highest BCUT2D eigenvalue weighted by molar-refractivity contribution is 6.37. The van der Waals surface area contributed by atoms with Gasteiger partial charge in [0, 0.05) is 5.69 Å². The first-order chi connectivity index (χ1) is 17.0. The first-order valence-electron chi connectivity index (χ1n) is 10.6. The van der Waals surface area contributed by atoms with Crippen molar-refractivity contribution in [2.45, 2.75) is 6.61 Å². The number of carbonyl (C=O) groups excluding carboxylic acids is 1. The molecule has 0 aromatic heterocycles. The van der Waals surface area contributed by atoms with Crippen molar-refractivity contribution < 1.29 is 14.3 Å². The molecule has 4 rings (SSSR count). The molecule has 174 valence electrons. The number of hydrogen-bond acceptors (Lipinski definition) is 4. The summed E-state index contributed by atoms with van der Waals surface area (Å²) in [6, 6.07) is 25.9. The fourth-order valence-electron chi connectivity index (χ4n) is 3.56. The summed E-state index contributed by atoms with van der Waals surface area (Å²) >= 11 is 12.9. The number of nitrogens with one attached hydrogen (secondary N) is 1. The zero-order valence-corrected chi connectivity index (χ0v) is 20.2. The summed E-state index contributed by atoms with van der Waals surface area (Å²) in [6.07, 6.45) is 1.42. The van der Waals surface area contributed by atoms with Crippen LogP contribution in [-0.2, 0) is 11.4 Å². The van der Waals surface area contributed by atoms with Crippen LogP contribution in [0.3, 0.4) is 0 Å². The van der Waals surface area contributed by atoms with Gasteiger partial charge in [-0.05, 0) is 64.4 Å². The van der Waals surface area contributed by atoms with E-state index in [1.807, 2.05) is 48.5 Å². The summed E-state index contributed by atoms with van der Waals surface area (Å²) in [5, 5.41) is 15.0. The van der Waals surface area contributed by atoms with Gasteiger partial charge in [0.15, 0.2) is 5.75 Å². The normalized spacial score (nSPS) is 11.1. The van der Waals surface area contributed by atoms with Crippen LogP contribution in [0.2, 0.25) is 10.0 Å². The van der Waals surface area contributed by atoms with Crippen molar-refractivity contribution in [1.29, 1.82) is 5.26 Å². The molecule has 5 nitrogen and oxygen atoms in total. The van der Waals surface area contributed by atoms with E-state index < -0.39 is 5.91 Å². The molecule has 0 aliphatic heterocycles. The Kier molecular flexibility index (Phi) is 7.57. The van der Waals surface area contributed by atoms with Crippen LogP contribution in [0.15, 0.2) is 84.4 Å². The SMILES string of the molecule is COc1ccc(NC(=O)/C(C#N)=C\c2cc(Cl)c(OCc3cccc4ccccc34)c(Cl)c2)cc1. The van der Waals surface area contributed by atoms with Gasteiger partial charge in [-0.25, -0.2) is 0 Å². The van der Waals surface area contributed by atoms with Gasteiger partial charge in [-0.2, -0.15) is 5.26 Å². The first-order valence-corrected chi connectivity index (χ1v) is 11.4. The second-order valence-corrected chi connectivity index (χ2v) is 8.41. The number of nitrogens with zero attached hydrogens (tertiary/aromatic N) is 1. The van der Waals surface area contributed by atoms with Crippen LogP contribution in [0, 0.1) is 11.3 Å². The van der Waals surface area contributed by atoms with E-state index in [1.165, 1.54) is 6.08 Å². The Labute approximate surface area is 213 Å². The molecular weight excluding hydrogens is 483 g/mol. The van der Waals surface area contributed by atoms with Crippen molar-refractivity contribution in [3.05, 3.63) is 106 Å². The molecule has 0 fully saturated rings. The lowest BCUT2D eigenvalue weighted by atomic mass is 10.1. The van der Waals surface area contributed by atoms with Crippen LogP contribution in [-0.4, -0.2) is 13.0 Å². The lowest BCUT2D eigenvalue weighted by molar-refractivity contribution is -0.112. The molecule has 0 aliphatic rings. The monoisotopic (exact) mass is 502 g/mol. The second-order valence-electron chi connectivity index (χ2n) is 7.59. The lowest BCUT2D eigenvalue weighted by Gasteiger charge is -2.13. The third-order valence-electron chi connectivity index (χ3n) is 5.30. The van der Waals surface area contributed by atoms with Crippen molar-refractivity contribution in [3.8, 4) is 17.6 Å². The number of rotatable bonds is 7. The van der Waals surface area contributed by atoms with Crippen molar-refractivity contribution in [1.82, 2.24) is 0 Å². The quantitative estimate of drug-likeness (QED) is 0.213. The fraction of sp³-hybridized carbons (Fsp3) is 0.0714. The second kappa shape index (κ2) is 11.0. The number of anilines is 1. The van der Waals surface area contributed by atoms with Gasteiger partial charge in [-0.15, -0.1) is 0 Å². The average Bonchev–Trinajstić information content (AvgIpc) is 2.87. The Morgan fingerprint density at radius 3 is 2.37 bits per heavy atom. The van der Waals surface area contributed by atoms with Crippen LogP contribution < -0.4 is 14.8 Å². The van der Waals surface area contributed by atoms with Crippen molar-refractivity contribution in [3.63, 3.8) is 0 Å².